The van der Waals surface area contributed by atoms with Gasteiger partial charge in [0.25, 0.3) is 5.89 Å². The Labute approximate surface area is 188 Å². The predicted octanol–water partition coefficient (Wildman–Crippen LogP) is 5.46. The first-order valence-electron chi connectivity index (χ1n) is 10.4. The van der Waals surface area contributed by atoms with Gasteiger partial charge in [0.15, 0.2) is 5.11 Å². The minimum atomic E-state index is -0.176. The number of rotatable bonds is 6. The van der Waals surface area contributed by atoms with Gasteiger partial charge in [-0.15, -0.1) is 6.58 Å². The second-order valence-corrected chi connectivity index (χ2v) is 8.06. The van der Waals surface area contributed by atoms with E-state index in [1.165, 1.54) is 5.56 Å². The molecule has 1 aromatic heterocycles. The number of allylic oxidation sites excluding steroid dienone is 1. The number of nitrogens with one attached hydrogen (secondary N) is 1. The summed E-state index contributed by atoms with van der Waals surface area (Å²) in [6.45, 7) is 10.7. The molecule has 0 amide bonds. The van der Waals surface area contributed by atoms with Crippen molar-refractivity contribution in [2.24, 2.45) is 0 Å². The summed E-state index contributed by atoms with van der Waals surface area (Å²) < 4.78 is 5.77. The molecule has 1 atom stereocenters. The van der Waals surface area contributed by atoms with Gasteiger partial charge >= 0.3 is 0 Å². The highest BCUT2D eigenvalue weighted by atomic mass is 32.1. The van der Waals surface area contributed by atoms with E-state index < -0.39 is 0 Å². The molecule has 0 bridgehead atoms. The Hall–Kier alpha value is -3.25. The first-order chi connectivity index (χ1) is 15.0. The average molecular weight is 431 g/mol. The molecule has 1 N–H and O–H groups in total. The lowest BCUT2D eigenvalue weighted by atomic mass is 9.94. The molecule has 1 unspecified atom stereocenters. The van der Waals surface area contributed by atoms with Crippen LogP contribution in [0.3, 0.4) is 0 Å². The summed E-state index contributed by atoms with van der Waals surface area (Å²) >= 11 is 5.66. The van der Waals surface area contributed by atoms with E-state index in [2.05, 4.69) is 54.3 Å². The summed E-state index contributed by atoms with van der Waals surface area (Å²) in [5.41, 5.74) is 6.37. The van der Waals surface area contributed by atoms with E-state index in [4.69, 9.17) is 21.7 Å². The third-order valence-electron chi connectivity index (χ3n) is 5.56. The minimum absolute atomic E-state index is 0.176. The van der Waals surface area contributed by atoms with Gasteiger partial charge in [-0.2, -0.15) is 4.98 Å². The Balaban J connectivity index is 1.81. The van der Waals surface area contributed by atoms with Crippen LogP contribution in [0, 0.1) is 6.92 Å². The highest BCUT2D eigenvalue weighted by molar-refractivity contribution is 7.80. The number of hydrogen-bond donors (Lipinski definition) is 1. The van der Waals surface area contributed by atoms with Crippen LogP contribution in [0.2, 0.25) is 0 Å². The van der Waals surface area contributed by atoms with Crippen LogP contribution in [0.5, 0.6) is 0 Å². The molecule has 4 rings (SSSR count). The molecule has 0 spiro atoms. The molecule has 0 fully saturated rings. The summed E-state index contributed by atoms with van der Waals surface area (Å²) in [6, 6.07) is 16.5. The normalized spacial score (nSPS) is 16.4. The molecule has 5 nitrogen and oxygen atoms in total. The fourth-order valence-corrected chi connectivity index (χ4v) is 4.17. The molecule has 0 saturated heterocycles. The lowest BCUT2D eigenvalue weighted by molar-refractivity contribution is 0.399. The van der Waals surface area contributed by atoms with Crippen LogP contribution in [0.15, 0.2) is 71.4 Å². The largest absolute Gasteiger partial charge is 0.351 e. The van der Waals surface area contributed by atoms with Crippen LogP contribution < -0.4 is 5.32 Å². The zero-order chi connectivity index (χ0) is 22.0. The van der Waals surface area contributed by atoms with Crippen LogP contribution >= 0.6 is 12.2 Å². The summed E-state index contributed by atoms with van der Waals surface area (Å²) in [5.74, 6) is 1.06. The van der Waals surface area contributed by atoms with Crippen molar-refractivity contribution in [3.8, 4) is 11.4 Å². The van der Waals surface area contributed by atoms with Gasteiger partial charge in [-0.1, -0.05) is 66.2 Å². The topological polar surface area (TPSA) is 54.2 Å². The molecule has 1 aliphatic rings. The fraction of sp³-hybridized carbons (Fsp3) is 0.240. The van der Waals surface area contributed by atoms with Gasteiger partial charge in [-0.25, -0.2) is 0 Å². The van der Waals surface area contributed by atoms with Crippen molar-refractivity contribution in [3.05, 3.63) is 89.5 Å². The predicted molar refractivity (Wildman–Crippen MR) is 128 cm³/mol. The van der Waals surface area contributed by atoms with Gasteiger partial charge in [0.1, 0.15) is 0 Å². The Morgan fingerprint density at radius 1 is 1.19 bits per heavy atom. The van der Waals surface area contributed by atoms with Gasteiger partial charge in [0, 0.05) is 17.8 Å². The van der Waals surface area contributed by atoms with Crippen LogP contribution in [0.4, 0.5) is 0 Å². The average Bonchev–Trinajstić information content (AvgIpc) is 3.26. The van der Waals surface area contributed by atoms with Gasteiger partial charge in [0.2, 0.25) is 5.82 Å². The third-order valence-corrected chi connectivity index (χ3v) is 5.90. The lowest BCUT2D eigenvalue weighted by Crippen LogP contribution is -2.45. The number of nitrogens with zero attached hydrogens (tertiary/aromatic N) is 3. The van der Waals surface area contributed by atoms with E-state index in [1.807, 2.05) is 43.0 Å². The second-order valence-electron chi connectivity index (χ2n) is 7.67. The molecule has 0 saturated carbocycles. The summed E-state index contributed by atoms with van der Waals surface area (Å²) in [5, 5.41) is 8.39. The molecule has 3 aromatic rings. The number of thiocarbonyl (C=S) groups is 1. The highest BCUT2D eigenvalue weighted by Crippen LogP contribution is 2.37. The Kier molecular flexibility index (Phi) is 6.00. The smallest absolute Gasteiger partial charge is 0.258 e. The monoisotopic (exact) mass is 430 g/mol. The van der Waals surface area contributed by atoms with Crippen molar-refractivity contribution in [2.75, 3.05) is 6.54 Å². The van der Waals surface area contributed by atoms with Crippen molar-refractivity contribution in [2.45, 2.75) is 33.2 Å². The van der Waals surface area contributed by atoms with Crippen LogP contribution in [-0.2, 0) is 6.42 Å². The molecule has 0 radical (unpaired) electrons. The molecular formula is C25H26N4OS. The van der Waals surface area contributed by atoms with E-state index in [0.29, 0.717) is 23.4 Å². The maximum Gasteiger partial charge on any atom is 0.258 e. The third kappa shape index (κ3) is 4.16. The number of hydrogen-bond acceptors (Lipinski definition) is 4. The van der Waals surface area contributed by atoms with Crippen molar-refractivity contribution >= 4 is 22.9 Å². The molecular weight excluding hydrogens is 404 g/mol. The summed E-state index contributed by atoms with van der Waals surface area (Å²) in [7, 11) is 0. The second kappa shape index (κ2) is 8.86. The minimum Gasteiger partial charge on any atom is -0.351 e. The number of benzene rings is 2. The Morgan fingerprint density at radius 3 is 2.65 bits per heavy atom. The standard InChI is InChI=1S/C25H26N4OS/c1-5-14-29-17(4)21(22(26-25(29)31)19-12-10-18(6-2)11-13-19)24-27-23(28-30-24)20-9-7-8-16(3)15-20/h5,7-13,15,22H,1,6,14H2,2-4H3,(H,26,31). The number of aryl methyl sites for hydroxylation is 2. The van der Waals surface area contributed by atoms with Crippen molar-refractivity contribution in [1.82, 2.24) is 20.4 Å². The zero-order valence-corrected chi connectivity index (χ0v) is 18.9. The van der Waals surface area contributed by atoms with Crippen LogP contribution in [0.25, 0.3) is 17.0 Å². The Bertz CT molecular complexity index is 1150. The van der Waals surface area contributed by atoms with Crippen molar-refractivity contribution in [3.63, 3.8) is 0 Å². The molecule has 1 aliphatic heterocycles. The zero-order valence-electron chi connectivity index (χ0n) is 18.1. The van der Waals surface area contributed by atoms with E-state index in [9.17, 15) is 0 Å². The molecule has 158 valence electrons. The molecule has 2 aromatic carbocycles. The molecule has 0 aliphatic carbocycles. The quantitative estimate of drug-likeness (QED) is 0.414. The SMILES string of the molecule is C=CCN1C(=S)NC(c2ccc(CC)cc2)C(c2nc(-c3cccc(C)c3)no2)=C1C. The molecule has 2 heterocycles. The summed E-state index contributed by atoms with van der Waals surface area (Å²) in [6.07, 6.45) is 2.83. The first-order valence-corrected chi connectivity index (χ1v) is 10.8. The van der Waals surface area contributed by atoms with Crippen LogP contribution in [-0.4, -0.2) is 26.7 Å². The van der Waals surface area contributed by atoms with E-state index in [-0.39, 0.29) is 6.04 Å². The van der Waals surface area contributed by atoms with E-state index >= 15 is 0 Å². The lowest BCUT2D eigenvalue weighted by Gasteiger charge is -2.36. The first kappa shape index (κ1) is 21.0. The van der Waals surface area contributed by atoms with Crippen molar-refractivity contribution in [1.29, 1.82) is 0 Å². The summed E-state index contributed by atoms with van der Waals surface area (Å²) in [4.78, 5) is 6.76. The van der Waals surface area contributed by atoms with Crippen molar-refractivity contribution < 1.29 is 4.52 Å². The van der Waals surface area contributed by atoms with E-state index in [0.717, 1.165) is 34.4 Å². The maximum atomic E-state index is 5.77. The Morgan fingerprint density at radius 2 is 1.97 bits per heavy atom. The van der Waals surface area contributed by atoms with E-state index in [1.54, 1.807) is 0 Å². The van der Waals surface area contributed by atoms with Gasteiger partial charge in [-0.3, -0.25) is 0 Å². The molecule has 6 heteroatoms. The van der Waals surface area contributed by atoms with Crippen LogP contribution in [0.1, 0.15) is 42.5 Å². The number of aromatic nitrogens is 2. The van der Waals surface area contributed by atoms with Gasteiger partial charge in [0.05, 0.1) is 11.6 Å². The van der Waals surface area contributed by atoms with Gasteiger partial charge in [-0.05, 0) is 49.7 Å². The van der Waals surface area contributed by atoms with Gasteiger partial charge < -0.3 is 14.7 Å². The fourth-order valence-electron chi connectivity index (χ4n) is 3.84. The maximum absolute atomic E-state index is 5.77. The highest BCUT2D eigenvalue weighted by Gasteiger charge is 2.33. The molecule has 31 heavy (non-hydrogen) atoms.